The third-order valence-electron chi connectivity index (χ3n) is 3.14. The molecule has 0 aliphatic rings. The Morgan fingerprint density at radius 1 is 1.35 bits per heavy atom. The third kappa shape index (κ3) is 2.81. The predicted octanol–water partition coefficient (Wildman–Crippen LogP) is 3.12. The van der Waals surface area contributed by atoms with E-state index in [2.05, 4.69) is 28.8 Å². The maximum absolute atomic E-state index is 13.6. The zero-order valence-electron chi connectivity index (χ0n) is 12.0. The third-order valence-corrected chi connectivity index (χ3v) is 3.95. The summed E-state index contributed by atoms with van der Waals surface area (Å²) in [4.78, 5) is 0.992. The van der Waals surface area contributed by atoms with Crippen LogP contribution < -0.4 is 10.1 Å². The van der Waals surface area contributed by atoms with Gasteiger partial charge < -0.3 is 10.1 Å². The summed E-state index contributed by atoms with van der Waals surface area (Å²) in [5, 5.41) is 7.38. The lowest BCUT2D eigenvalue weighted by Crippen LogP contribution is -2.19. The SMILES string of the molecule is CNC(c1cc(F)ccc1OC)c1snnc1C(C)C. The quantitative estimate of drug-likeness (QED) is 0.920. The Bertz CT molecular complexity index is 586. The molecule has 1 aromatic carbocycles. The molecule has 6 heteroatoms. The van der Waals surface area contributed by atoms with Gasteiger partial charge >= 0.3 is 0 Å². The molecule has 0 aliphatic carbocycles. The highest BCUT2D eigenvalue weighted by atomic mass is 32.1. The molecule has 108 valence electrons. The van der Waals surface area contributed by atoms with Gasteiger partial charge in [0.05, 0.1) is 23.7 Å². The average molecular weight is 295 g/mol. The highest BCUT2D eigenvalue weighted by Crippen LogP contribution is 2.35. The van der Waals surface area contributed by atoms with Gasteiger partial charge in [-0.25, -0.2) is 4.39 Å². The molecule has 1 N–H and O–H groups in total. The van der Waals surface area contributed by atoms with Gasteiger partial charge in [-0.05, 0) is 42.7 Å². The van der Waals surface area contributed by atoms with Gasteiger partial charge in [0.15, 0.2) is 0 Å². The summed E-state index contributed by atoms with van der Waals surface area (Å²) in [6.45, 7) is 4.13. The van der Waals surface area contributed by atoms with Gasteiger partial charge in [0.1, 0.15) is 11.6 Å². The maximum atomic E-state index is 13.6. The van der Waals surface area contributed by atoms with Crippen molar-refractivity contribution in [1.82, 2.24) is 14.9 Å². The van der Waals surface area contributed by atoms with Crippen molar-refractivity contribution in [3.63, 3.8) is 0 Å². The van der Waals surface area contributed by atoms with E-state index in [9.17, 15) is 4.39 Å². The molecule has 0 radical (unpaired) electrons. The van der Waals surface area contributed by atoms with Crippen LogP contribution in [0.2, 0.25) is 0 Å². The molecule has 1 unspecified atom stereocenters. The van der Waals surface area contributed by atoms with Crippen molar-refractivity contribution in [3.8, 4) is 5.75 Å². The van der Waals surface area contributed by atoms with Gasteiger partial charge in [0, 0.05) is 5.56 Å². The Hall–Kier alpha value is -1.53. The second kappa shape index (κ2) is 6.28. The average Bonchev–Trinajstić information content (AvgIpc) is 2.89. The van der Waals surface area contributed by atoms with Crippen LogP contribution in [0.15, 0.2) is 18.2 Å². The highest BCUT2D eigenvalue weighted by molar-refractivity contribution is 7.05. The van der Waals surface area contributed by atoms with Crippen LogP contribution in [0.5, 0.6) is 5.75 Å². The molecule has 1 heterocycles. The topological polar surface area (TPSA) is 47.0 Å². The van der Waals surface area contributed by atoms with E-state index in [4.69, 9.17) is 4.74 Å². The van der Waals surface area contributed by atoms with Crippen molar-refractivity contribution in [3.05, 3.63) is 40.2 Å². The van der Waals surface area contributed by atoms with Crippen LogP contribution in [0.4, 0.5) is 4.39 Å². The van der Waals surface area contributed by atoms with Crippen LogP contribution in [0, 0.1) is 5.82 Å². The second-order valence-corrected chi connectivity index (χ2v) is 5.57. The van der Waals surface area contributed by atoms with Crippen molar-refractivity contribution in [2.75, 3.05) is 14.2 Å². The van der Waals surface area contributed by atoms with Crippen molar-refractivity contribution in [1.29, 1.82) is 0 Å². The van der Waals surface area contributed by atoms with Gasteiger partial charge in [0.2, 0.25) is 0 Å². The summed E-state index contributed by atoms with van der Waals surface area (Å²) >= 11 is 1.33. The maximum Gasteiger partial charge on any atom is 0.124 e. The summed E-state index contributed by atoms with van der Waals surface area (Å²) < 4.78 is 22.9. The zero-order valence-corrected chi connectivity index (χ0v) is 12.8. The van der Waals surface area contributed by atoms with Crippen molar-refractivity contribution >= 4 is 11.5 Å². The summed E-state index contributed by atoms with van der Waals surface area (Å²) in [6.07, 6.45) is 0. The number of nitrogens with one attached hydrogen (secondary N) is 1. The number of ether oxygens (including phenoxy) is 1. The molecule has 2 rings (SSSR count). The van der Waals surface area contributed by atoms with E-state index < -0.39 is 0 Å². The molecular formula is C14H18FN3OS. The van der Waals surface area contributed by atoms with Crippen molar-refractivity contribution in [2.24, 2.45) is 0 Å². The first-order valence-corrected chi connectivity index (χ1v) is 7.18. The Balaban J connectivity index is 2.52. The molecule has 0 spiro atoms. The lowest BCUT2D eigenvalue weighted by molar-refractivity contribution is 0.404. The number of methoxy groups -OCH3 is 1. The number of rotatable bonds is 5. The lowest BCUT2D eigenvalue weighted by Gasteiger charge is -2.19. The molecule has 1 atom stereocenters. The fraction of sp³-hybridized carbons (Fsp3) is 0.429. The molecule has 0 amide bonds. The van der Waals surface area contributed by atoms with E-state index in [1.54, 1.807) is 13.2 Å². The van der Waals surface area contributed by atoms with E-state index >= 15 is 0 Å². The summed E-state index contributed by atoms with van der Waals surface area (Å²) in [5.74, 6) is 0.623. The van der Waals surface area contributed by atoms with Gasteiger partial charge in [-0.2, -0.15) is 0 Å². The molecule has 0 saturated carbocycles. The smallest absolute Gasteiger partial charge is 0.124 e. The zero-order chi connectivity index (χ0) is 14.7. The second-order valence-electron chi connectivity index (χ2n) is 4.79. The van der Waals surface area contributed by atoms with E-state index in [1.807, 2.05) is 7.05 Å². The highest BCUT2D eigenvalue weighted by Gasteiger charge is 2.24. The molecule has 0 fully saturated rings. The van der Waals surface area contributed by atoms with Crippen LogP contribution in [-0.2, 0) is 0 Å². The van der Waals surface area contributed by atoms with E-state index in [0.717, 1.165) is 16.1 Å². The minimum absolute atomic E-state index is 0.182. The van der Waals surface area contributed by atoms with E-state index in [0.29, 0.717) is 5.75 Å². The summed E-state index contributed by atoms with van der Waals surface area (Å²) in [6, 6.07) is 4.34. The van der Waals surface area contributed by atoms with Crippen molar-refractivity contribution in [2.45, 2.75) is 25.8 Å². The Morgan fingerprint density at radius 2 is 2.10 bits per heavy atom. The largest absolute Gasteiger partial charge is 0.496 e. The van der Waals surface area contributed by atoms with Crippen LogP contribution in [0.25, 0.3) is 0 Å². The van der Waals surface area contributed by atoms with Gasteiger partial charge in [-0.15, -0.1) is 5.10 Å². The number of hydrogen-bond acceptors (Lipinski definition) is 5. The minimum atomic E-state index is -0.287. The fourth-order valence-corrected chi connectivity index (χ4v) is 3.10. The van der Waals surface area contributed by atoms with Gasteiger partial charge in [-0.1, -0.05) is 18.3 Å². The van der Waals surface area contributed by atoms with Crippen molar-refractivity contribution < 1.29 is 9.13 Å². The van der Waals surface area contributed by atoms with E-state index in [1.165, 1.54) is 23.7 Å². The normalized spacial score (nSPS) is 12.7. The Kier molecular flexibility index (Phi) is 4.67. The molecule has 20 heavy (non-hydrogen) atoms. The number of halogens is 1. The summed E-state index contributed by atoms with van der Waals surface area (Å²) in [7, 11) is 3.41. The molecule has 0 bridgehead atoms. The number of hydrogen-bond donors (Lipinski definition) is 1. The standard InChI is InChI=1S/C14H18FN3OS/c1-8(2)12-14(20-18-17-12)13(16-3)10-7-9(15)5-6-11(10)19-4/h5-8,13,16H,1-4H3. The van der Waals surface area contributed by atoms with Crippen LogP contribution in [0.1, 0.15) is 41.9 Å². The molecular weight excluding hydrogens is 277 g/mol. The molecule has 4 nitrogen and oxygen atoms in total. The van der Waals surface area contributed by atoms with Crippen LogP contribution in [0.3, 0.4) is 0 Å². The van der Waals surface area contributed by atoms with Crippen LogP contribution in [-0.4, -0.2) is 23.7 Å². The molecule has 2 aromatic rings. The lowest BCUT2D eigenvalue weighted by atomic mass is 9.99. The van der Waals surface area contributed by atoms with E-state index in [-0.39, 0.29) is 17.8 Å². The molecule has 0 saturated heterocycles. The predicted molar refractivity (Wildman–Crippen MR) is 77.9 cm³/mol. The number of benzene rings is 1. The number of aromatic nitrogens is 2. The van der Waals surface area contributed by atoms with Gasteiger partial charge in [-0.3, -0.25) is 0 Å². The molecule has 0 aliphatic heterocycles. The minimum Gasteiger partial charge on any atom is -0.496 e. The van der Waals surface area contributed by atoms with Gasteiger partial charge in [0.25, 0.3) is 0 Å². The first-order chi connectivity index (χ1) is 9.58. The summed E-state index contributed by atoms with van der Waals surface area (Å²) in [5.41, 5.74) is 1.68. The first-order valence-electron chi connectivity index (χ1n) is 6.41. The Labute approximate surface area is 122 Å². The van der Waals surface area contributed by atoms with Crippen LogP contribution >= 0.6 is 11.5 Å². The monoisotopic (exact) mass is 295 g/mol. The first kappa shape index (κ1) is 14.9. The Morgan fingerprint density at radius 3 is 2.70 bits per heavy atom. The molecule has 1 aromatic heterocycles. The number of nitrogens with zero attached hydrogens (tertiary/aromatic N) is 2. The fourth-order valence-electron chi connectivity index (χ4n) is 2.16.